The van der Waals surface area contributed by atoms with Gasteiger partial charge in [-0.1, -0.05) is 0 Å². The molecular weight excluding hydrogens is 364 g/mol. The molecule has 2 heterocycles. The molecule has 1 fully saturated rings. The van der Waals surface area contributed by atoms with E-state index in [0.717, 1.165) is 4.90 Å². The lowest BCUT2D eigenvalue weighted by Gasteiger charge is -2.18. The first-order chi connectivity index (χ1) is 11.8. The van der Waals surface area contributed by atoms with E-state index in [-0.39, 0.29) is 42.5 Å². The Morgan fingerprint density at radius 2 is 2.12 bits per heavy atom. The average molecular weight is 385 g/mol. The molecule has 10 heteroatoms. The predicted molar refractivity (Wildman–Crippen MR) is 94.1 cm³/mol. The maximum absolute atomic E-state index is 12.1. The van der Waals surface area contributed by atoms with Gasteiger partial charge in [0.25, 0.3) is 11.8 Å². The number of nitrogens with one attached hydrogen (secondary N) is 3. The molecule has 3 N–H and O–H groups in total. The van der Waals surface area contributed by atoms with Crippen molar-refractivity contribution in [1.29, 1.82) is 5.26 Å². The van der Waals surface area contributed by atoms with Crippen molar-refractivity contribution in [2.75, 3.05) is 36.5 Å². The molecular formula is C15H21N4O4S2+. The average Bonchev–Trinajstić information content (AvgIpc) is 3.12. The fraction of sp³-hybridized carbons (Fsp3) is 0.533. The van der Waals surface area contributed by atoms with E-state index < -0.39 is 9.84 Å². The lowest BCUT2D eigenvalue weighted by atomic mass is 10.2. The highest BCUT2D eigenvalue weighted by Crippen LogP contribution is 2.21. The van der Waals surface area contributed by atoms with Crippen LogP contribution < -0.4 is 15.5 Å². The van der Waals surface area contributed by atoms with E-state index in [2.05, 4.69) is 10.6 Å². The Bertz CT molecular complexity index is 782. The van der Waals surface area contributed by atoms with Gasteiger partial charge in [0.05, 0.1) is 23.6 Å². The molecule has 0 aromatic carbocycles. The van der Waals surface area contributed by atoms with Gasteiger partial charge in [-0.2, -0.15) is 5.26 Å². The summed E-state index contributed by atoms with van der Waals surface area (Å²) in [5, 5.41) is 16.6. The van der Waals surface area contributed by atoms with Crippen LogP contribution >= 0.6 is 11.3 Å². The highest BCUT2D eigenvalue weighted by molar-refractivity contribution is 7.91. The Hall–Kier alpha value is -1.96. The second kappa shape index (κ2) is 8.42. The van der Waals surface area contributed by atoms with Gasteiger partial charge in [0.1, 0.15) is 11.1 Å². The van der Waals surface area contributed by atoms with Crippen LogP contribution in [0, 0.1) is 11.3 Å². The summed E-state index contributed by atoms with van der Waals surface area (Å²) in [5.41, 5.74) is 0.414. The summed E-state index contributed by atoms with van der Waals surface area (Å²) in [6, 6.07) is 3.30. The highest BCUT2D eigenvalue weighted by Gasteiger charge is 2.29. The standard InChI is InChI=1S/C15H20N4O4S2/c1-2-19(8-13(20)17-12-4-6-25(22,23)10-12)9-14(21)18-15-11(7-16)3-5-24-15/h3,5,12H,2,4,6,8-10H2,1H3,(H,17,20)(H,18,21)/p+1/t12-/m1/s1. The van der Waals surface area contributed by atoms with Crippen LogP contribution in [-0.4, -0.2) is 57.4 Å². The number of carbonyl (C=O) groups excluding carboxylic acids is 2. The molecule has 2 rings (SSSR count). The third kappa shape index (κ3) is 5.81. The number of quaternary nitrogens is 1. The zero-order valence-electron chi connectivity index (χ0n) is 13.9. The molecule has 1 aliphatic rings. The van der Waals surface area contributed by atoms with Crippen LogP contribution in [0.3, 0.4) is 0 Å². The molecule has 0 radical (unpaired) electrons. The van der Waals surface area contributed by atoms with Crippen molar-refractivity contribution < 1.29 is 22.9 Å². The first-order valence-corrected chi connectivity index (χ1v) is 10.6. The normalized spacial score (nSPS) is 19.8. The van der Waals surface area contributed by atoms with Crippen LogP contribution in [0.2, 0.25) is 0 Å². The SMILES string of the molecule is CC[NH+](CC(=O)Nc1sccc1C#N)CC(=O)N[C@@H]1CCS(=O)(=O)C1. The minimum atomic E-state index is -3.04. The lowest BCUT2D eigenvalue weighted by Crippen LogP contribution is -3.14. The summed E-state index contributed by atoms with van der Waals surface area (Å²) in [6.07, 6.45) is 0.436. The number of rotatable bonds is 7. The third-order valence-electron chi connectivity index (χ3n) is 3.96. The zero-order chi connectivity index (χ0) is 18.4. The molecule has 1 unspecified atom stereocenters. The van der Waals surface area contributed by atoms with Gasteiger partial charge in [-0.3, -0.25) is 9.59 Å². The van der Waals surface area contributed by atoms with Crippen LogP contribution in [0.15, 0.2) is 11.4 Å². The summed E-state index contributed by atoms with van der Waals surface area (Å²) >= 11 is 1.27. The Balaban J connectivity index is 1.82. The second-order valence-electron chi connectivity index (χ2n) is 5.95. The van der Waals surface area contributed by atoms with Crippen molar-refractivity contribution in [2.45, 2.75) is 19.4 Å². The number of hydrogen-bond acceptors (Lipinski definition) is 6. The monoisotopic (exact) mass is 385 g/mol. The Morgan fingerprint density at radius 1 is 1.40 bits per heavy atom. The van der Waals surface area contributed by atoms with Gasteiger partial charge in [-0.05, 0) is 24.8 Å². The number of hydrogen-bond donors (Lipinski definition) is 3. The lowest BCUT2D eigenvalue weighted by molar-refractivity contribution is -0.881. The Kier molecular flexibility index (Phi) is 6.52. The smallest absolute Gasteiger partial charge is 0.280 e. The number of anilines is 1. The van der Waals surface area contributed by atoms with Crippen molar-refractivity contribution in [1.82, 2.24) is 5.32 Å². The summed E-state index contributed by atoms with van der Waals surface area (Å²) < 4.78 is 22.8. The molecule has 0 aliphatic carbocycles. The van der Waals surface area contributed by atoms with E-state index in [9.17, 15) is 18.0 Å². The molecule has 25 heavy (non-hydrogen) atoms. The summed E-state index contributed by atoms with van der Waals surface area (Å²) in [7, 11) is -3.04. The van der Waals surface area contributed by atoms with Crippen LogP contribution in [0.25, 0.3) is 0 Å². The van der Waals surface area contributed by atoms with E-state index in [1.54, 1.807) is 11.4 Å². The van der Waals surface area contributed by atoms with E-state index >= 15 is 0 Å². The molecule has 2 amide bonds. The largest absolute Gasteiger partial charge is 0.347 e. The third-order valence-corrected chi connectivity index (χ3v) is 6.56. The van der Waals surface area contributed by atoms with Gasteiger partial charge in [0.15, 0.2) is 22.9 Å². The quantitative estimate of drug-likeness (QED) is 0.543. The number of nitrogens with zero attached hydrogens (tertiary/aromatic N) is 1. The van der Waals surface area contributed by atoms with Crippen molar-refractivity contribution >= 4 is 38.0 Å². The van der Waals surface area contributed by atoms with Crippen molar-refractivity contribution in [3.63, 3.8) is 0 Å². The summed E-state index contributed by atoms with van der Waals surface area (Å²) in [4.78, 5) is 24.9. The number of likely N-dealkylation sites (N-methyl/N-ethyl adjacent to an activating group) is 1. The maximum Gasteiger partial charge on any atom is 0.280 e. The second-order valence-corrected chi connectivity index (χ2v) is 9.09. The van der Waals surface area contributed by atoms with Crippen LogP contribution in [0.4, 0.5) is 5.00 Å². The van der Waals surface area contributed by atoms with E-state index in [4.69, 9.17) is 5.26 Å². The number of carbonyl (C=O) groups is 2. The van der Waals surface area contributed by atoms with Gasteiger partial charge >= 0.3 is 0 Å². The minimum Gasteiger partial charge on any atom is -0.347 e. The number of sulfone groups is 1. The van der Waals surface area contributed by atoms with Crippen LogP contribution in [0.1, 0.15) is 18.9 Å². The number of amides is 2. The van der Waals surface area contributed by atoms with Crippen molar-refractivity contribution in [3.05, 3.63) is 17.0 Å². The Labute approximate surface area is 150 Å². The van der Waals surface area contributed by atoms with Crippen LogP contribution in [-0.2, 0) is 19.4 Å². The fourth-order valence-corrected chi connectivity index (χ4v) is 5.05. The molecule has 136 valence electrons. The Morgan fingerprint density at radius 3 is 2.72 bits per heavy atom. The minimum absolute atomic E-state index is 0.0179. The molecule has 1 aliphatic heterocycles. The topological polar surface area (TPSA) is 121 Å². The van der Waals surface area contributed by atoms with Crippen molar-refractivity contribution in [2.24, 2.45) is 0 Å². The molecule has 0 saturated carbocycles. The molecule has 8 nitrogen and oxygen atoms in total. The predicted octanol–water partition coefficient (Wildman–Crippen LogP) is -1.23. The van der Waals surface area contributed by atoms with Gasteiger partial charge < -0.3 is 15.5 Å². The molecule has 2 atom stereocenters. The molecule has 0 spiro atoms. The van der Waals surface area contributed by atoms with E-state index in [1.807, 2.05) is 13.0 Å². The number of nitriles is 1. The van der Waals surface area contributed by atoms with Gasteiger partial charge in [0.2, 0.25) is 0 Å². The number of thiophene rings is 1. The first-order valence-electron chi connectivity index (χ1n) is 7.93. The van der Waals surface area contributed by atoms with Gasteiger partial charge in [-0.15, -0.1) is 11.3 Å². The molecule has 1 aromatic heterocycles. The summed E-state index contributed by atoms with van der Waals surface area (Å²) in [5.74, 6) is -0.449. The van der Waals surface area contributed by atoms with Crippen molar-refractivity contribution in [3.8, 4) is 6.07 Å². The first kappa shape index (κ1) is 19.4. The molecule has 1 aromatic rings. The van der Waals surface area contributed by atoms with Crippen LogP contribution in [0.5, 0.6) is 0 Å². The van der Waals surface area contributed by atoms with E-state index in [1.165, 1.54) is 11.3 Å². The van der Waals surface area contributed by atoms with Gasteiger partial charge in [-0.25, -0.2) is 8.42 Å². The van der Waals surface area contributed by atoms with E-state index in [0.29, 0.717) is 23.5 Å². The maximum atomic E-state index is 12.1. The highest BCUT2D eigenvalue weighted by atomic mass is 32.2. The van der Waals surface area contributed by atoms with Gasteiger partial charge in [0, 0.05) is 6.04 Å². The molecule has 1 saturated heterocycles. The summed E-state index contributed by atoms with van der Waals surface area (Å²) in [6.45, 7) is 2.62. The fourth-order valence-electron chi connectivity index (χ4n) is 2.62. The zero-order valence-corrected chi connectivity index (χ0v) is 15.5. The molecule has 0 bridgehead atoms.